The summed E-state index contributed by atoms with van der Waals surface area (Å²) in [6.07, 6.45) is 4.24. The highest BCUT2D eigenvalue weighted by atomic mass is 16.6. The first-order valence-electron chi connectivity index (χ1n) is 6.76. The molecule has 0 radical (unpaired) electrons. The molecule has 22 heavy (non-hydrogen) atoms. The van der Waals surface area contributed by atoms with E-state index in [9.17, 15) is 14.9 Å². The van der Waals surface area contributed by atoms with Gasteiger partial charge in [-0.15, -0.1) is 0 Å². The van der Waals surface area contributed by atoms with Crippen molar-refractivity contribution < 1.29 is 9.72 Å². The van der Waals surface area contributed by atoms with Gasteiger partial charge >= 0.3 is 0 Å². The number of nitro benzene ring substituents is 1. The van der Waals surface area contributed by atoms with Crippen molar-refractivity contribution in [2.24, 2.45) is 0 Å². The maximum Gasteiger partial charge on any atom is 0.269 e. The molecule has 0 saturated heterocycles. The number of benzene rings is 2. The van der Waals surface area contributed by atoms with Crippen molar-refractivity contribution in [3.8, 4) is 0 Å². The summed E-state index contributed by atoms with van der Waals surface area (Å²) < 4.78 is 0. The lowest BCUT2D eigenvalue weighted by Gasteiger charge is -2.02. The molecule has 0 heterocycles. The predicted molar refractivity (Wildman–Crippen MR) is 86.7 cm³/mol. The molecule has 4 heteroatoms. The van der Waals surface area contributed by atoms with Gasteiger partial charge in [-0.1, -0.05) is 49.1 Å². The minimum absolute atomic E-state index is 0.0360. The molecule has 0 N–H and O–H groups in total. The lowest BCUT2D eigenvalue weighted by molar-refractivity contribution is -0.384. The van der Waals surface area contributed by atoms with E-state index in [1.54, 1.807) is 0 Å². The molecular weight excluding hydrogens is 278 g/mol. The summed E-state index contributed by atoms with van der Waals surface area (Å²) in [4.78, 5) is 22.3. The van der Waals surface area contributed by atoms with E-state index >= 15 is 0 Å². The van der Waals surface area contributed by atoms with Gasteiger partial charge in [0.2, 0.25) is 0 Å². The number of ketones is 1. The number of rotatable bonds is 6. The number of nitro groups is 1. The van der Waals surface area contributed by atoms with Gasteiger partial charge in [-0.2, -0.15) is 0 Å². The van der Waals surface area contributed by atoms with Crippen LogP contribution >= 0.6 is 0 Å². The highest BCUT2D eigenvalue weighted by Gasteiger charge is 2.11. The second-order valence-corrected chi connectivity index (χ2v) is 4.75. The summed E-state index contributed by atoms with van der Waals surface area (Å²) >= 11 is 0. The molecule has 0 aliphatic heterocycles. The van der Waals surface area contributed by atoms with Gasteiger partial charge in [-0.05, 0) is 29.7 Å². The number of hydrogen-bond acceptors (Lipinski definition) is 3. The molecule has 2 aromatic carbocycles. The summed E-state index contributed by atoms with van der Waals surface area (Å²) in [7, 11) is 0. The molecule has 0 spiro atoms. The Morgan fingerprint density at radius 1 is 1.09 bits per heavy atom. The van der Waals surface area contributed by atoms with Crippen molar-refractivity contribution in [2.45, 2.75) is 6.42 Å². The van der Waals surface area contributed by atoms with Crippen LogP contribution < -0.4 is 0 Å². The van der Waals surface area contributed by atoms with E-state index in [2.05, 4.69) is 6.58 Å². The Morgan fingerprint density at radius 2 is 1.73 bits per heavy atom. The van der Waals surface area contributed by atoms with Crippen LogP contribution in [0.2, 0.25) is 0 Å². The Bertz CT molecular complexity index is 716. The fourth-order valence-corrected chi connectivity index (χ4v) is 1.93. The molecule has 0 aromatic heterocycles. The largest absolute Gasteiger partial charge is 0.289 e. The Kier molecular flexibility index (Phi) is 4.98. The van der Waals surface area contributed by atoms with Crippen LogP contribution in [0, 0.1) is 10.1 Å². The van der Waals surface area contributed by atoms with Crippen LogP contribution in [0.5, 0.6) is 0 Å². The Hall–Kier alpha value is -3.01. The van der Waals surface area contributed by atoms with Gasteiger partial charge in [-0.25, -0.2) is 0 Å². The molecule has 2 rings (SSSR count). The van der Waals surface area contributed by atoms with Gasteiger partial charge in [0.25, 0.3) is 5.69 Å². The quantitative estimate of drug-likeness (QED) is 0.342. The van der Waals surface area contributed by atoms with E-state index < -0.39 is 4.92 Å². The van der Waals surface area contributed by atoms with Gasteiger partial charge in [-0.3, -0.25) is 14.9 Å². The normalized spacial score (nSPS) is 10.5. The van der Waals surface area contributed by atoms with Crippen molar-refractivity contribution in [1.82, 2.24) is 0 Å². The summed E-state index contributed by atoms with van der Waals surface area (Å²) in [5, 5.41) is 10.6. The van der Waals surface area contributed by atoms with Crippen LogP contribution in [0.25, 0.3) is 6.08 Å². The molecule has 0 unspecified atom stereocenters. The highest BCUT2D eigenvalue weighted by molar-refractivity contribution is 6.08. The zero-order valence-corrected chi connectivity index (χ0v) is 11.9. The fourth-order valence-electron chi connectivity index (χ4n) is 1.93. The van der Waals surface area contributed by atoms with E-state index in [0.29, 0.717) is 17.6 Å². The number of carbonyl (C=O) groups is 1. The zero-order chi connectivity index (χ0) is 15.9. The highest BCUT2D eigenvalue weighted by Crippen LogP contribution is 2.16. The zero-order valence-electron chi connectivity index (χ0n) is 11.9. The van der Waals surface area contributed by atoms with E-state index in [4.69, 9.17) is 0 Å². The first kappa shape index (κ1) is 15.4. The fraction of sp³-hybridized carbons (Fsp3) is 0.0556. The van der Waals surface area contributed by atoms with Crippen LogP contribution in [-0.4, -0.2) is 10.7 Å². The maximum absolute atomic E-state index is 12.2. The second kappa shape index (κ2) is 7.13. The monoisotopic (exact) mass is 293 g/mol. The van der Waals surface area contributed by atoms with Gasteiger partial charge in [0, 0.05) is 17.7 Å². The number of non-ortho nitro benzene ring substituents is 1. The maximum atomic E-state index is 12.2. The van der Waals surface area contributed by atoms with E-state index in [0.717, 1.165) is 5.56 Å². The van der Waals surface area contributed by atoms with Crippen molar-refractivity contribution in [3.05, 3.63) is 94.1 Å². The smallest absolute Gasteiger partial charge is 0.269 e. The standard InChI is InChI=1S/C18H15NO3/c1-14(6-5-9-15-7-3-2-4-8-15)18(20)16-10-12-17(13-11-16)19(21)22/h2-5,7-13H,1,6H2/b9-5+. The van der Waals surface area contributed by atoms with Crippen molar-refractivity contribution in [3.63, 3.8) is 0 Å². The summed E-state index contributed by atoms with van der Waals surface area (Å²) in [5.74, 6) is -0.201. The molecule has 4 nitrogen and oxygen atoms in total. The molecule has 0 amide bonds. The molecule has 0 bridgehead atoms. The molecule has 0 saturated carbocycles. The average molecular weight is 293 g/mol. The van der Waals surface area contributed by atoms with Crippen LogP contribution in [0.4, 0.5) is 5.69 Å². The summed E-state index contributed by atoms with van der Waals surface area (Å²) in [6.45, 7) is 3.79. The molecule has 0 fully saturated rings. The molecule has 0 aliphatic rings. The third-order valence-electron chi connectivity index (χ3n) is 3.14. The number of nitrogens with zero attached hydrogens (tertiary/aromatic N) is 1. The van der Waals surface area contributed by atoms with Crippen molar-refractivity contribution in [1.29, 1.82) is 0 Å². The van der Waals surface area contributed by atoms with E-state index in [1.807, 2.05) is 42.5 Å². The Labute approximate surface area is 128 Å². The molecule has 0 atom stereocenters. The van der Waals surface area contributed by atoms with Crippen LogP contribution in [-0.2, 0) is 0 Å². The number of carbonyl (C=O) groups excluding carboxylic acids is 1. The third-order valence-corrected chi connectivity index (χ3v) is 3.14. The SMILES string of the molecule is C=C(C/C=C/c1ccccc1)C(=O)c1ccc([N+](=O)[O-])cc1. The van der Waals surface area contributed by atoms with Crippen molar-refractivity contribution in [2.75, 3.05) is 0 Å². The van der Waals surface area contributed by atoms with E-state index in [-0.39, 0.29) is 11.5 Å². The minimum Gasteiger partial charge on any atom is -0.289 e. The first-order valence-corrected chi connectivity index (χ1v) is 6.76. The van der Waals surface area contributed by atoms with Crippen LogP contribution in [0.15, 0.2) is 72.8 Å². The molecule has 2 aromatic rings. The molecule has 110 valence electrons. The second-order valence-electron chi connectivity index (χ2n) is 4.75. The predicted octanol–water partition coefficient (Wildman–Crippen LogP) is 4.44. The van der Waals surface area contributed by atoms with Gasteiger partial charge in [0.15, 0.2) is 5.78 Å². The van der Waals surface area contributed by atoms with Crippen LogP contribution in [0.3, 0.4) is 0 Å². The number of Topliss-reactive ketones (excluding diaryl/α,β-unsaturated/α-hetero) is 1. The Morgan fingerprint density at radius 3 is 2.32 bits per heavy atom. The average Bonchev–Trinajstić information content (AvgIpc) is 2.55. The molecule has 0 aliphatic carbocycles. The summed E-state index contributed by atoms with van der Waals surface area (Å²) in [5.41, 5.74) is 1.87. The topological polar surface area (TPSA) is 60.2 Å². The first-order chi connectivity index (χ1) is 10.6. The lowest BCUT2D eigenvalue weighted by atomic mass is 10.0. The van der Waals surface area contributed by atoms with Gasteiger partial charge in [0.05, 0.1) is 4.92 Å². The number of hydrogen-bond donors (Lipinski definition) is 0. The van der Waals surface area contributed by atoms with Gasteiger partial charge in [0.1, 0.15) is 0 Å². The Balaban J connectivity index is 1.98. The minimum atomic E-state index is -0.494. The third kappa shape index (κ3) is 3.99. The molecular formula is C18H15NO3. The van der Waals surface area contributed by atoms with Gasteiger partial charge < -0.3 is 0 Å². The number of allylic oxidation sites excluding steroid dienone is 2. The van der Waals surface area contributed by atoms with Crippen LogP contribution in [0.1, 0.15) is 22.3 Å². The lowest BCUT2D eigenvalue weighted by Crippen LogP contribution is -2.02. The summed E-state index contributed by atoms with van der Waals surface area (Å²) in [6, 6.07) is 15.3. The van der Waals surface area contributed by atoms with E-state index in [1.165, 1.54) is 24.3 Å². The van der Waals surface area contributed by atoms with Crippen molar-refractivity contribution >= 4 is 17.5 Å².